The summed E-state index contributed by atoms with van der Waals surface area (Å²) in [6.45, 7) is -2.14. The third-order valence-corrected chi connectivity index (χ3v) is 2.08. The zero-order chi connectivity index (χ0) is 13.8. The molecule has 0 saturated carbocycles. The number of benzene rings is 1. The third-order valence-electron chi connectivity index (χ3n) is 2.08. The van der Waals surface area contributed by atoms with Crippen molar-refractivity contribution in [3.05, 3.63) is 24.3 Å². The van der Waals surface area contributed by atoms with E-state index in [-0.39, 0.29) is 5.75 Å². The van der Waals surface area contributed by atoms with Crippen LogP contribution in [-0.4, -0.2) is 37.5 Å². The van der Waals surface area contributed by atoms with Gasteiger partial charge in [-0.25, -0.2) is 0 Å². The van der Waals surface area contributed by atoms with Crippen LogP contribution < -0.4 is 4.90 Å². The highest BCUT2D eigenvalue weighted by Crippen LogP contribution is 2.19. The van der Waals surface area contributed by atoms with Gasteiger partial charge < -0.3 is 14.7 Å². The molecular weight excluding hydrogens is 251 g/mol. The van der Waals surface area contributed by atoms with Gasteiger partial charge in [-0.15, -0.1) is 0 Å². The van der Waals surface area contributed by atoms with E-state index in [2.05, 4.69) is 4.74 Å². The molecule has 1 rings (SSSR count). The highest BCUT2D eigenvalue weighted by molar-refractivity contribution is 5.93. The van der Waals surface area contributed by atoms with Crippen LogP contribution in [0.5, 0.6) is 5.75 Å². The number of aromatic hydroxyl groups is 1. The zero-order valence-corrected chi connectivity index (χ0v) is 9.57. The second kappa shape index (κ2) is 5.72. The molecule has 0 unspecified atom stereocenters. The van der Waals surface area contributed by atoms with Gasteiger partial charge in [0, 0.05) is 18.8 Å². The summed E-state index contributed by atoms with van der Waals surface area (Å²) in [7, 11) is 1.38. The summed E-state index contributed by atoms with van der Waals surface area (Å²) < 4.78 is 39.7. The number of hydrogen-bond donors (Lipinski definition) is 1. The fraction of sp³-hybridized carbons (Fsp3) is 0.364. The topological polar surface area (TPSA) is 49.8 Å². The first-order valence-corrected chi connectivity index (χ1v) is 4.99. The average molecular weight is 263 g/mol. The smallest absolute Gasteiger partial charge is 0.411 e. The molecule has 0 heterocycles. The maximum absolute atomic E-state index is 11.8. The third kappa shape index (κ3) is 4.62. The van der Waals surface area contributed by atoms with Crippen LogP contribution in [0.25, 0.3) is 0 Å². The van der Waals surface area contributed by atoms with E-state index in [1.54, 1.807) is 6.07 Å². The number of halogens is 3. The highest BCUT2D eigenvalue weighted by Gasteiger charge is 2.28. The van der Waals surface area contributed by atoms with Crippen molar-refractivity contribution in [1.82, 2.24) is 0 Å². The number of nitrogens with zero attached hydrogens (tertiary/aromatic N) is 1. The first-order chi connectivity index (χ1) is 8.29. The number of phenolic OH excluding ortho intramolecular Hbond substituents is 1. The molecule has 1 aromatic rings. The number of rotatable bonds is 4. The maximum atomic E-state index is 11.8. The summed E-state index contributed by atoms with van der Waals surface area (Å²) in [4.78, 5) is 12.6. The average Bonchev–Trinajstić information content (AvgIpc) is 2.26. The maximum Gasteiger partial charge on any atom is 0.411 e. The van der Waals surface area contributed by atoms with Gasteiger partial charge in [0.15, 0.2) is 0 Å². The predicted molar refractivity (Wildman–Crippen MR) is 58.4 cm³/mol. The fourth-order valence-electron chi connectivity index (χ4n) is 1.20. The fourth-order valence-corrected chi connectivity index (χ4v) is 1.20. The number of anilines is 1. The second-order valence-electron chi connectivity index (χ2n) is 3.58. The Balaban J connectivity index is 2.52. The normalized spacial score (nSPS) is 11.3. The molecule has 100 valence electrons. The highest BCUT2D eigenvalue weighted by atomic mass is 19.4. The Morgan fingerprint density at radius 3 is 2.67 bits per heavy atom. The van der Waals surface area contributed by atoms with Crippen molar-refractivity contribution in [1.29, 1.82) is 0 Å². The molecule has 1 N–H and O–H groups in total. The monoisotopic (exact) mass is 263 g/mol. The van der Waals surface area contributed by atoms with Crippen molar-refractivity contribution in [2.45, 2.75) is 6.18 Å². The molecule has 18 heavy (non-hydrogen) atoms. The Kier molecular flexibility index (Phi) is 4.55. The minimum Gasteiger partial charge on any atom is -0.508 e. The van der Waals surface area contributed by atoms with Crippen LogP contribution in [0.4, 0.5) is 18.9 Å². The molecule has 0 atom stereocenters. The molecule has 0 radical (unpaired) electrons. The molecule has 0 saturated heterocycles. The van der Waals surface area contributed by atoms with Gasteiger partial charge in [0.25, 0.3) is 5.91 Å². The molecule has 0 aliphatic heterocycles. The number of amides is 1. The Labute approximate surface area is 102 Å². The van der Waals surface area contributed by atoms with E-state index in [4.69, 9.17) is 0 Å². The van der Waals surface area contributed by atoms with E-state index < -0.39 is 25.3 Å². The molecule has 0 aliphatic carbocycles. The number of likely N-dealkylation sites (N-methyl/N-ethyl adjacent to an activating group) is 1. The SMILES string of the molecule is CN(C(=O)COCC(F)(F)F)c1cccc(O)c1. The van der Waals surface area contributed by atoms with Gasteiger partial charge in [0.2, 0.25) is 0 Å². The number of phenols is 1. The molecule has 0 spiro atoms. The van der Waals surface area contributed by atoms with E-state index in [9.17, 15) is 23.1 Å². The molecule has 1 amide bonds. The minimum absolute atomic E-state index is 0.0386. The number of ether oxygens (including phenoxy) is 1. The number of hydrogen-bond acceptors (Lipinski definition) is 3. The second-order valence-corrected chi connectivity index (χ2v) is 3.58. The van der Waals surface area contributed by atoms with Crippen molar-refractivity contribution in [3.8, 4) is 5.75 Å². The lowest BCUT2D eigenvalue weighted by Crippen LogP contribution is -2.31. The molecule has 0 aliphatic rings. The van der Waals surface area contributed by atoms with Crippen molar-refractivity contribution in [3.63, 3.8) is 0 Å². The minimum atomic E-state index is -4.45. The van der Waals surface area contributed by atoms with Crippen molar-refractivity contribution in [2.75, 3.05) is 25.2 Å². The van der Waals surface area contributed by atoms with E-state index in [1.165, 1.54) is 25.2 Å². The molecule has 1 aromatic carbocycles. The molecule has 0 fully saturated rings. The molecular formula is C11H12F3NO3. The van der Waals surface area contributed by atoms with Crippen LogP contribution in [0.15, 0.2) is 24.3 Å². The van der Waals surface area contributed by atoms with Crippen molar-refractivity contribution >= 4 is 11.6 Å². The van der Waals surface area contributed by atoms with E-state index in [1.807, 2.05) is 0 Å². The van der Waals surface area contributed by atoms with Gasteiger partial charge in [0.05, 0.1) is 0 Å². The first kappa shape index (κ1) is 14.3. The molecule has 0 aromatic heterocycles. The lowest BCUT2D eigenvalue weighted by Gasteiger charge is -2.17. The van der Waals surface area contributed by atoms with Gasteiger partial charge in [-0.05, 0) is 12.1 Å². The summed E-state index contributed by atoms with van der Waals surface area (Å²) in [5, 5.41) is 9.21. The first-order valence-electron chi connectivity index (χ1n) is 4.99. The lowest BCUT2D eigenvalue weighted by molar-refractivity contribution is -0.175. The predicted octanol–water partition coefficient (Wildman–Crippen LogP) is 1.93. The summed E-state index contributed by atoms with van der Waals surface area (Å²) in [5.41, 5.74) is 0.371. The van der Waals surface area contributed by atoms with Crippen LogP contribution >= 0.6 is 0 Å². The summed E-state index contributed by atoms with van der Waals surface area (Å²) >= 11 is 0. The van der Waals surface area contributed by atoms with E-state index >= 15 is 0 Å². The number of carbonyl (C=O) groups is 1. The number of alkyl halides is 3. The summed E-state index contributed by atoms with van der Waals surface area (Å²) in [5.74, 6) is -0.673. The molecule has 0 bridgehead atoms. The van der Waals surface area contributed by atoms with E-state index in [0.29, 0.717) is 5.69 Å². The van der Waals surface area contributed by atoms with Crippen LogP contribution in [-0.2, 0) is 9.53 Å². The van der Waals surface area contributed by atoms with Gasteiger partial charge >= 0.3 is 6.18 Å². The van der Waals surface area contributed by atoms with Crippen LogP contribution in [0.1, 0.15) is 0 Å². The van der Waals surface area contributed by atoms with Gasteiger partial charge in [-0.2, -0.15) is 13.2 Å². The standard InChI is InChI=1S/C11H12F3NO3/c1-15(8-3-2-4-9(16)5-8)10(17)6-18-7-11(12,13)14/h2-5,16H,6-7H2,1H3. The Hall–Kier alpha value is -1.76. The number of carbonyl (C=O) groups excluding carboxylic acids is 1. The Bertz CT molecular complexity index is 420. The lowest BCUT2D eigenvalue weighted by atomic mass is 10.3. The Morgan fingerprint density at radius 1 is 1.44 bits per heavy atom. The summed E-state index contributed by atoms with van der Waals surface area (Å²) in [6, 6.07) is 5.80. The van der Waals surface area contributed by atoms with Gasteiger partial charge in [0.1, 0.15) is 19.0 Å². The van der Waals surface area contributed by atoms with E-state index in [0.717, 1.165) is 4.90 Å². The van der Waals surface area contributed by atoms with Crippen molar-refractivity contribution < 1.29 is 27.8 Å². The molecule has 4 nitrogen and oxygen atoms in total. The van der Waals surface area contributed by atoms with Crippen molar-refractivity contribution in [2.24, 2.45) is 0 Å². The zero-order valence-electron chi connectivity index (χ0n) is 9.57. The summed E-state index contributed by atoms with van der Waals surface area (Å²) in [6.07, 6.45) is -4.45. The van der Waals surface area contributed by atoms with Gasteiger partial charge in [-0.1, -0.05) is 6.07 Å². The quantitative estimate of drug-likeness (QED) is 0.903. The largest absolute Gasteiger partial charge is 0.508 e. The van der Waals surface area contributed by atoms with Crippen LogP contribution in [0.3, 0.4) is 0 Å². The van der Waals surface area contributed by atoms with Crippen LogP contribution in [0, 0.1) is 0 Å². The van der Waals surface area contributed by atoms with Gasteiger partial charge in [-0.3, -0.25) is 4.79 Å². The van der Waals surface area contributed by atoms with Crippen LogP contribution in [0.2, 0.25) is 0 Å². The Morgan fingerprint density at radius 2 is 2.11 bits per heavy atom. The molecule has 7 heteroatoms.